The fourth-order valence-electron chi connectivity index (χ4n) is 2.74. The Balaban J connectivity index is 1.55. The van der Waals surface area contributed by atoms with Crippen molar-refractivity contribution in [1.82, 2.24) is 15.1 Å². The monoisotopic (exact) mass is 340 g/mol. The molecular weight excluding hydrogens is 328 g/mol. The smallest absolute Gasteiger partial charge is 0.232 e. The van der Waals surface area contributed by atoms with Crippen LogP contribution in [0.5, 0.6) is 0 Å². The maximum absolute atomic E-state index is 12.3. The summed E-state index contributed by atoms with van der Waals surface area (Å²) in [7, 11) is 0. The molecule has 2 aromatic heterocycles. The third kappa shape index (κ3) is 2.76. The van der Waals surface area contributed by atoms with Crippen molar-refractivity contribution in [3.63, 3.8) is 0 Å². The van der Waals surface area contributed by atoms with Gasteiger partial charge in [-0.05, 0) is 36.4 Å². The quantitative estimate of drug-likeness (QED) is 0.731. The first-order valence-corrected chi connectivity index (χ1v) is 7.89. The summed E-state index contributed by atoms with van der Waals surface area (Å²) in [5.41, 5.74) is 1.46. The summed E-state index contributed by atoms with van der Waals surface area (Å²) in [6.45, 7) is 0.504. The van der Waals surface area contributed by atoms with Gasteiger partial charge in [0.1, 0.15) is 5.69 Å². The molecule has 1 aliphatic heterocycles. The summed E-state index contributed by atoms with van der Waals surface area (Å²) in [4.78, 5) is 22.6. The molecule has 0 radical (unpaired) electrons. The maximum Gasteiger partial charge on any atom is 0.232 e. The summed E-state index contributed by atoms with van der Waals surface area (Å²) in [5, 5.41) is 4.61. The van der Waals surface area contributed by atoms with Gasteiger partial charge in [0, 0.05) is 29.9 Å². The Bertz CT molecular complexity index is 864. The first-order valence-electron chi connectivity index (χ1n) is 7.51. The molecule has 1 amide bonds. The van der Waals surface area contributed by atoms with Crippen LogP contribution in [-0.4, -0.2) is 27.6 Å². The van der Waals surface area contributed by atoms with Crippen LogP contribution < -0.4 is 4.90 Å². The van der Waals surface area contributed by atoms with E-state index in [1.807, 2.05) is 30.3 Å². The second-order valence-corrected chi connectivity index (χ2v) is 5.99. The SMILES string of the molecule is O=C1C[C@H](c2nc(-c3ccccn3)no2)CN1c1ccc(Cl)cc1. The third-order valence-electron chi connectivity index (χ3n) is 3.95. The average Bonchev–Trinajstić information content (AvgIpc) is 3.23. The minimum atomic E-state index is -0.127. The molecule has 24 heavy (non-hydrogen) atoms. The number of hydrogen-bond acceptors (Lipinski definition) is 5. The predicted octanol–water partition coefficient (Wildman–Crippen LogP) is 3.31. The lowest BCUT2D eigenvalue weighted by molar-refractivity contribution is -0.117. The highest BCUT2D eigenvalue weighted by molar-refractivity contribution is 6.30. The van der Waals surface area contributed by atoms with E-state index >= 15 is 0 Å². The molecule has 0 unspecified atom stereocenters. The zero-order chi connectivity index (χ0) is 16.5. The fraction of sp³-hybridized carbons (Fsp3) is 0.176. The molecule has 3 aromatic rings. The van der Waals surface area contributed by atoms with Gasteiger partial charge in [0.05, 0.1) is 5.92 Å². The second-order valence-electron chi connectivity index (χ2n) is 5.55. The first-order chi connectivity index (χ1) is 11.7. The van der Waals surface area contributed by atoms with E-state index in [0.717, 1.165) is 5.69 Å². The second kappa shape index (κ2) is 6.05. The van der Waals surface area contributed by atoms with E-state index in [2.05, 4.69) is 15.1 Å². The normalized spacial score (nSPS) is 17.5. The topological polar surface area (TPSA) is 72.1 Å². The van der Waals surface area contributed by atoms with Crippen molar-refractivity contribution >= 4 is 23.2 Å². The van der Waals surface area contributed by atoms with Gasteiger partial charge in [-0.25, -0.2) is 0 Å². The highest BCUT2D eigenvalue weighted by Gasteiger charge is 2.35. The van der Waals surface area contributed by atoms with Crippen molar-refractivity contribution in [3.8, 4) is 11.5 Å². The van der Waals surface area contributed by atoms with E-state index in [9.17, 15) is 4.79 Å². The van der Waals surface area contributed by atoms with Gasteiger partial charge >= 0.3 is 0 Å². The number of benzene rings is 1. The van der Waals surface area contributed by atoms with Gasteiger partial charge in [-0.2, -0.15) is 4.98 Å². The number of anilines is 1. The van der Waals surface area contributed by atoms with E-state index in [4.69, 9.17) is 16.1 Å². The van der Waals surface area contributed by atoms with Gasteiger partial charge in [-0.3, -0.25) is 9.78 Å². The minimum Gasteiger partial charge on any atom is -0.339 e. The molecule has 3 heterocycles. The van der Waals surface area contributed by atoms with Crippen molar-refractivity contribution in [2.24, 2.45) is 0 Å². The molecule has 0 spiro atoms. The number of pyridine rings is 1. The Kier molecular flexibility index (Phi) is 3.74. The zero-order valence-electron chi connectivity index (χ0n) is 12.6. The van der Waals surface area contributed by atoms with Gasteiger partial charge in [0.25, 0.3) is 0 Å². The average molecular weight is 341 g/mol. The lowest BCUT2D eigenvalue weighted by atomic mass is 10.1. The van der Waals surface area contributed by atoms with Gasteiger partial charge < -0.3 is 9.42 Å². The number of nitrogens with zero attached hydrogens (tertiary/aromatic N) is 4. The number of rotatable bonds is 3. The molecular formula is C17H13ClN4O2. The van der Waals surface area contributed by atoms with Crippen LogP contribution in [0.2, 0.25) is 5.02 Å². The Hall–Kier alpha value is -2.73. The molecule has 7 heteroatoms. The minimum absolute atomic E-state index is 0.0277. The Labute approximate surface area is 143 Å². The Morgan fingerprint density at radius 3 is 2.75 bits per heavy atom. The number of amides is 1. The van der Waals surface area contributed by atoms with Crippen LogP contribution in [0.4, 0.5) is 5.69 Å². The first kappa shape index (κ1) is 14.8. The summed E-state index contributed by atoms with van der Waals surface area (Å²) in [5.74, 6) is 0.793. The standard InChI is InChI=1S/C17H13ClN4O2/c18-12-4-6-13(7-5-12)22-10-11(9-15(22)23)17-20-16(21-24-17)14-3-1-2-8-19-14/h1-8,11H,9-10H2/t11-/m0/s1. The van der Waals surface area contributed by atoms with Crippen LogP contribution in [0, 0.1) is 0 Å². The summed E-state index contributed by atoms with van der Waals surface area (Å²) >= 11 is 5.90. The summed E-state index contributed by atoms with van der Waals surface area (Å²) < 4.78 is 5.35. The molecule has 120 valence electrons. The van der Waals surface area contributed by atoms with E-state index in [0.29, 0.717) is 35.4 Å². The van der Waals surface area contributed by atoms with Gasteiger partial charge in [-0.15, -0.1) is 0 Å². The summed E-state index contributed by atoms with van der Waals surface area (Å²) in [6.07, 6.45) is 2.01. The van der Waals surface area contributed by atoms with E-state index < -0.39 is 0 Å². The predicted molar refractivity (Wildman–Crippen MR) is 88.7 cm³/mol. The molecule has 1 aliphatic rings. The van der Waals surface area contributed by atoms with Gasteiger partial charge in [0.15, 0.2) is 0 Å². The van der Waals surface area contributed by atoms with E-state index in [1.54, 1.807) is 23.2 Å². The molecule has 0 bridgehead atoms. The largest absolute Gasteiger partial charge is 0.339 e. The van der Waals surface area contributed by atoms with Crippen LogP contribution >= 0.6 is 11.6 Å². The van der Waals surface area contributed by atoms with E-state index in [-0.39, 0.29) is 11.8 Å². The molecule has 0 N–H and O–H groups in total. The maximum atomic E-state index is 12.3. The van der Waals surface area contributed by atoms with Crippen LogP contribution in [-0.2, 0) is 4.79 Å². The molecule has 0 aliphatic carbocycles. The molecule has 6 nitrogen and oxygen atoms in total. The van der Waals surface area contributed by atoms with E-state index in [1.165, 1.54) is 0 Å². The number of hydrogen-bond donors (Lipinski definition) is 0. The third-order valence-corrected chi connectivity index (χ3v) is 4.20. The van der Waals surface area contributed by atoms with Crippen LogP contribution in [0.15, 0.2) is 53.2 Å². The van der Waals surface area contributed by atoms with Crippen molar-refractivity contribution in [1.29, 1.82) is 0 Å². The number of aromatic nitrogens is 3. The van der Waals surface area contributed by atoms with Gasteiger partial charge in [0.2, 0.25) is 17.6 Å². The van der Waals surface area contributed by atoms with Crippen molar-refractivity contribution in [3.05, 3.63) is 59.6 Å². The highest BCUT2D eigenvalue weighted by Crippen LogP contribution is 2.32. The number of carbonyl (C=O) groups excluding carboxylic acids is 1. The Morgan fingerprint density at radius 1 is 1.17 bits per heavy atom. The van der Waals surface area contributed by atoms with Crippen molar-refractivity contribution in [2.45, 2.75) is 12.3 Å². The molecule has 4 rings (SSSR count). The molecule has 1 fully saturated rings. The zero-order valence-corrected chi connectivity index (χ0v) is 13.3. The van der Waals surface area contributed by atoms with Crippen LogP contribution in [0.3, 0.4) is 0 Å². The highest BCUT2D eigenvalue weighted by atomic mass is 35.5. The fourth-order valence-corrected chi connectivity index (χ4v) is 2.87. The number of carbonyl (C=O) groups is 1. The summed E-state index contributed by atoms with van der Waals surface area (Å²) in [6, 6.07) is 12.7. The van der Waals surface area contributed by atoms with Crippen molar-refractivity contribution in [2.75, 3.05) is 11.4 Å². The molecule has 1 aromatic carbocycles. The van der Waals surface area contributed by atoms with Crippen LogP contribution in [0.1, 0.15) is 18.2 Å². The lowest BCUT2D eigenvalue weighted by Gasteiger charge is -2.15. The molecule has 0 saturated carbocycles. The molecule has 1 saturated heterocycles. The Morgan fingerprint density at radius 2 is 2.00 bits per heavy atom. The van der Waals surface area contributed by atoms with Gasteiger partial charge in [-0.1, -0.05) is 22.8 Å². The lowest BCUT2D eigenvalue weighted by Crippen LogP contribution is -2.24. The van der Waals surface area contributed by atoms with Crippen molar-refractivity contribution < 1.29 is 9.32 Å². The molecule has 1 atom stereocenters. The van der Waals surface area contributed by atoms with Crippen LogP contribution in [0.25, 0.3) is 11.5 Å². The number of halogens is 1.